The van der Waals surface area contributed by atoms with Gasteiger partial charge in [-0.05, 0) is 12.8 Å². The summed E-state index contributed by atoms with van der Waals surface area (Å²) in [6, 6.07) is -1.68. The third kappa shape index (κ3) is 4.40. The van der Waals surface area contributed by atoms with Gasteiger partial charge in [0.15, 0.2) is 0 Å². The number of aliphatic carboxylic acids is 1. The first-order chi connectivity index (χ1) is 8.95. The van der Waals surface area contributed by atoms with Gasteiger partial charge in [0.25, 0.3) is 0 Å². The Morgan fingerprint density at radius 2 is 2.11 bits per heavy atom. The lowest BCUT2D eigenvalue weighted by atomic mass is 9.98. The molecule has 8 nitrogen and oxygen atoms in total. The maximum absolute atomic E-state index is 11.9. The van der Waals surface area contributed by atoms with Crippen LogP contribution in [-0.2, 0) is 9.59 Å². The maximum atomic E-state index is 11.9. The summed E-state index contributed by atoms with van der Waals surface area (Å²) >= 11 is 0. The highest BCUT2D eigenvalue weighted by molar-refractivity contribution is 5.83. The van der Waals surface area contributed by atoms with Crippen molar-refractivity contribution >= 4 is 17.9 Å². The summed E-state index contributed by atoms with van der Waals surface area (Å²) < 4.78 is 0. The molecule has 0 saturated carbocycles. The topological polar surface area (TPSA) is 133 Å². The van der Waals surface area contributed by atoms with Gasteiger partial charge in [0, 0.05) is 26.1 Å². The number of carbonyl (C=O) groups excluding carboxylic acids is 2. The first kappa shape index (κ1) is 15.2. The monoisotopic (exact) mass is 273 g/mol. The van der Waals surface area contributed by atoms with Crippen LogP contribution in [0, 0.1) is 5.92 Å². The molecule has 19 heavy (non-hydrogen) atoms. The zero-order valence-electron chi connectivity index (χ0n) is 10.5. The van der Waals surface area contributed by atoms with Crippen LogP contribution in [0.15, 0.2) is 0 Å². The van der Waals surface area contributed by atoms with Gasteiger partial charge in [-0.15, -0.1) is 0 Å². The number of aliphatic hydroxyl groups excluding tert-OH is 1. The highest BCUT2D eigenvalue weighted by Crippen LogP contribution is 2.16. The molecular formula is C11H19N3O5. The smallest absolute Gasteiger partial charge is 0.326 e. The van der Waals surface area contributed by atoms with Crippen LogP contribution in [0.1, 0.15) is 19.3 Å². The van der Waals surface area contributed by atoms with Crippen LogP contribution in [0.2, 0.25) is 0 Å². The van der Waals surface area contributed by atoms with Crippen LogP contribution >= 0.6 is 0 Å². The molecule has 5 N–H and O–H groups in total. The van der Waals surface area contributed by atoms with Crippen molar-refractivity contribution in [2.75, 3.05) is 19.7 Å². The quantitative estimate of drug-likeness (QED) is 0.495. The molecular weight excluding hydrogens is 254 g/mol. The van der Waals surface area contributed by atoms with Crippen molar-refractivity contribution in [2.45, 2.75) is 25.3 Å². The number of carboxylic acid groups (broad SMARTS) is 1. The Balaban J connectivity index is 2.56. The molecule has 0 spiro atoms. The summed E-state index contributed by atoms with van der Waals surface area (Å²) in [6.07, 6.45) is 1.23. The molecule has 0 aromatic rings. The van der Waals surface area contributed by atoms with Gasteiger partial charge in [0.05, 0.1) is 5.92 Å². The predicted molar refractivity (Wildman–Crippen MR) is 65.1 cm³/mol. The van der Waals surface area contributed by atoms with E-state index in [2.05, 4.69) is 5.32 Å². The average Bonchev–Trinajstić information content (AvgIpc) is 2.38. The van der Waals surface area contributed by atoms with E-state index < -0.39 is 23.9 Å². The molecule has 1 saturated heterocycles. The Morgan fingerprint density at radius 3 is 2.63 bits per heavy atom. The van der Waals surface area contributed by atoms with Crippen molar-refractivity contribution in [1.29, 1.82) is 0 Å². The molecule has 1 aliphatic heterocycles. The number of nitrogens with two attached hydrogens (primary N) is 1. The molecule has 0 bridgehead atoms. The van der Waals surface area contributed by atoms with Crippen molar-refractivity contribution in [3.05, 3.63) is 0 Å². The average molecular weight is 273 g/mol. The molecule has 1 rings (SSSR count). The van der Waals surface area contributed by atoms with Gasteiger partial charge in [-0.25, -0.2) is 9.59 Å². The summed E-state index contributed by atoms with van der Waals surface area (Å²) in [7, 11) is 0. The Bertz CT molecular complexity index is 360. The summed E-state index contributed by atoms with van der Waals surface area (Å²) in [5, 5.41) is 19.9. The first-order valence-electron chi connectivity index (χ1n) is 6.14. The molecule has 0 aliphatic carbocycles. The molecule has 1 unspecified atom stereocenters. The fraction of sp³-hybridized carbons (Fsp3) is 0.727. The second kappa shape index (κ2) is 6.93. The zero-order valence-corrected chi connectivity index (χ0v) is 10.5. The Labute approximate surface area is 110 Å². The van der Waals surface area contributed by atoms with Gasteiger partial charge in [-0.3, -0.25) is 4.79 Å². The van der Waals surface area contributed by atoms with Crippen LogP contribution in [0.5, 0.6) is 0 Å². The minimum Gasteiger partial charge on any atom is -0.480 e. The number of hydrogen-bond donors (Lipinski definition) is 4. The van der Waals surface area contributed by atoms with Crippen LogP contribution in [-0.4, -0.2) is 58.8 Å². The number of primary amides is 1. The molecule has 1 heterocycles. The minimum absolute atomic E-state index is 0.0613. The highest BCUT2D eigenvalue weighted by Gasteiger charge is 2.29. The van der Waals surface area contributed by atoms with Gasteiger partial charge < -0.3 is 26.2 Å². The molecule has 1 fully saturated rings. The fourth-order valence-corrected chi connectivity index (χ4v) is 2.02. The number of rotatable bonds is 5. The summed E-state index contributed by atoms with van der Waals surface area (Å²) in [5.41, 5.74) is 5.20. The minimum atomic E-state index is -1.20. The van der Waals surface area contributed by atoms with E-state index in [1.807, 2.05) is 0 Å². The van der Waals surface area contributed by atoms with Crippen molar-refractivity contribution in [1.82, 2.24) is 10.2 Å². The number of aliphatic hydroxyl groups is 1. The van der Waals surface area contributed by atoms with E-state index in [-0.39, 0.29) is 25.5 Å². The SMILES string of the molecule is NC(=O)C1CCCN(C(=O)N[C@@H](CCO)C(=O)O)C1. The van der Waals surface area contributed by atoms with E-state index in [0.717, 1.165) is 0 Å². The number of likely N-dealkylation sites (tertiary alicyclic amines) is 1. The van der Waals surface area contributed by atoms with Gasteiger partial charge in [-0.1, -0.05) is 0 Å². The molecule has 0 radical (unpaired) electrons. The van der Waals surface area contributed by atoms with E-state index in [0.29, 0.717) is 19.4 Å². The van der Waals surface area contributed by atoms with Crippen molar-refractivity contribution in [3.8, 4) is 0 Å². The van der Waals surface area contributed by atoms with Gasteiger partial charge in [-0.2, -0.15) is 0 Å². The number of urea groups is 1. The molecule has 8 heteroatoms. The third-order valence-corrected chi connectivity index (χ3v) is 3.12. The van der Waals surface area contributed by atoms with E-state index in [4.69, 9.17) is 15.9 Å². The zero-order chi connectivity index (χ0) is 14.4. The first-order valence-corrected chi connectivity index (χ1v) is 6.14. The molecule has 108 valence electrons. The lowest BCUT2D eigenvalue weighted by Crippen LogP contribution is -2.52. The van der Waals surface area contributed by atoms with E-state index in [1.165, 1.54) is 4.90 Å². The number of amides is 3. The number of hydrogen-bond acceptors (Lipinski definition) is 4. The summed E-state index contributed by atoms with van der Waals surface area (Å²) in [5.74, 6) is -2.05. The normalized spacial score (nSPS) is 20.7. The van der Waals surface area contributed by atoms with Crippen molar-refractivity contribution < 1.29 is 24.6 Å². The molecule has 3 amide bonds. The summed E-state index contributed by atoms with van der Waals surface area (Å²) in [6.45, 7) is 0.328. The lowest BCUT2D eigenvalue weighted by molar-refractivity contribution is -0.139. The number of nitrogens with one attached hydrogen (secondary N) is 1. The van der Waals surface area contributed by atoms with Gasteiger partial charge in [0.1, 0.15) is 6.04 Å². The summed E-state index contributed by atoms with van der Waals surface area (Å²) in [4.78, 5) is 35.2. The van der Waals surface area contributed by atoms with Crippen LogP contribution in [0.25, 0.3) is 0 Å². The van der Waals surface area contributed by atoms with Gasteiger partial charge >= 0.3 is 12.0 Å². The molecule has 0 aromatic heterocycles. The fourth-order valence-electron chi connectivity index (χ4n) is 2.02. The lowest BCUT2D eigenvalue weighted by Gasteiger charge is -2.32. The Kier molecular flexibility index (Phi) is 5.56. The molecule has 0 aromatic carbocycles. The van der Waals surface area contributed by atoms with Crippen LogP contribution in [0.4, 0.5) is 4.79 Å². The predicted octanol–water partition coefficient (Wildman–Crippen LogP) is -1.27. The Morgan fingerprint density at radius 1 is 1.42 bits per heavy atom. The van der Waals surface area contributed by atoms with Crippen LogP contribution < -0.4 is 11.1 Å². The standard InChI is InChI=1S/C11H19N3O5/c12-9(16)7-2-1-4-14(6-7)11(19)13-8(3-5-15)10(17)18/h7-8,15H,1-6H2,(H2,12,16)(H,13,19)(H,17,18)/t7?,8-/m0/s1. The van der Waals surface area contributed by atoms with Crippen molar-refractivity contribution in [3.63, 3.8) is 0 Å². The molecule has 1 aliphatic rings. The van der Waals surface area contributed by atoms with E-state index in [9.17, 15) is 14.4 Å². The number of piperidine rings is 1. The molecule has 2 atom stereocenters. The maximum Gasteiger partial charge on any atom is 0.326 e. The number of carbonyl (C=O) groups is 3. The largest absolute Gasteiger partial charge is 0.480 e. The van der Waals surface area contributed by atoms with Crippen molar-refractivity contribution in [2.24, 2.45) is 11.7 Å². The van der Waals surface area contributed by atoms with E-state index >= 15 is 0 Å². The number of carboxylic acids is 1. The highest BCUT2D eigenvalue weighted by atomic mass is 16.4. The second-order valence-corrected chi connectivity index (χ2v) is 4.54. The van der Waals surface area contributed by atoms with E-state index in [1.54, 1.807) is 0 Å². The second-order valence-electron chi connectivity index (χ2n) is 4.54. The van der Waals surface area contributed by atoms with Gasteiger partial charge in [0.2, 0.25) is 5.91 Å². The third-order valence-electron chi connectivity index (χ3n) is 3.12. The number of nitrogens with zero attached hydrogens (tertiary/aromatic N) is 1. The van der Waals surface area contributed by atoms with Crippen LogP contribution in [0.3, 0.4) is 0 Å². The Hall–Kier alpha value is -1.83.